The summed E-state index contributed by atoms with van der Waals surface area (Å²) in [5.41, 5.74) is 5.25. The van der Waals surface area contributed by atoms with Gasteiger partial charge in [-0.2, -0.15) is 0 Å². The molecule has 4 aliphatic carbocycles. The van der Waals surface area contributed by atoms with E-state index in [1.807, 2.05) is 0 Å². The third-order valence-corrected chi connectivity index (χ3v) is 10.9. The summed E-state index contributed by atoms with van der Waals surface area (Å²) in [6.07, 6.45) is 12.2. The fourth-order valence-electron chi connectivity index (χ4n) is 9.09. The van der Waals surface area contributed by atoms with E-state index in [1.165, 1.54) is 38.5 Å². The number of hydrogen-bond donors (Lipinski definition) is 2. The van der Waals surface area contributed by atoms with E-state index < -0.39 is 0 Å². The fraction of sp³-hybridized carbons (Fsp3) is 0.852. The molecule has 6 rings (SSSR count). The molecule has 0 aromatic carbocycles. The second kappa shape index (κ2) is 6.68. The van der Waals surface area contributed by atoms with Crippen molar-refractivity contribution >= 4 is 0 Å². The van der Waals surface area contributed by atoms with Gasteiger partial charge in [-0.1, -0.05) is 38.0 Å². The van der Waals surface area contributed by atoms with Gasteiger partial charge in [0.2, 0.25) is 0 Å². The Balaban J connectivity index is 1.34. The maximum absolute atomic E-state index is 10.3. The molecular weight excluding hydrogens is 370 g/mol. The minimum absolute atomic E-state index is 0.0222. The fourth-order valence-corrected chi connectivity index (χ4v) is 9.09. The molecule has 2 N–H and O–H groups in total. The molecule has 4 fully saturated rings. The molecule has 0 aromatic heterocycles. The standard InChI is InChI=1S/C27H41NO2/c1-15-11-24-25(28-14-15)17(3)27(30-24)10-8-20-21-6-5-18-12-19(29)7-9-26(18,4)23(21)13-22(20)16(27)2/h5,15,17,19-21,23-25,28-29H,6-14H2,1-4H3/t15-,17+,19-,20?,21-,23?,24?,25-,26?,27+/m0/s1. The highest BCUT2D eigenvalue weighted by atomic mass is 16.5. The van der Waals surface area contributed by atoms with Gasteiger partial charge in [-0.15, -0.1) is 0 Å². The number of nitrogens with one attached hydrogen (secondary N) is 1. The Hall–Kier alpha value is -0.640. The molecule has 2 saturated carbocycles. The lowest BCUT2D eigenvalue weighted by atomic mass is 9.56. The molecule has 3 heteroatoms. The lowest BCUT2D eigenvalue weighted by Gasteiger charge is -2.49. The Morgan fingerprint density at radius 1 is 1.17 bits per heavy atom. The van der Waals surface area contributed by atoms with Crippen LogP contribution in [0.15, 0.2) is 22.8 Å². The summed E-state index contributed by atoms with van der Waals surface area (Å²) in [5.74, 6) is 3.64. The number of fused-ring (bicyclic) bond motifs is 6. The SMILES string of the molecule is CC1=C2CC3[C@@H](CC=C4C[C@@H](O)CCC43C)C2CC[C@@]12OC1C[C@H](C)CN[C@H]1[C@H]2C. The first kappa shape index (κ1) is 20.0. The molecule has 10 atom stereocenters. The Bertz CT molecular complexity index is 801. The van der Waals surface area contributed by atoms with E-state index in [4.69, 9.17) is 4.74 Å². The van der Waals surface area contributed by atoms with E-state index in [1.54, 1.807) is 16.7 Å². The van der Waals surface area contributed by atoms with Gasteiger partial charge in [0.1, 0.15) is 0 Å². The molecule has 0 amide bonds. The summed E-state index contributed by atoms with van der Waals surface area (Å²) in [6, 6.07) is 0.530. The molecule has 166 valence electrons. The van der Waals surface area contributed by atoms with Crippen molar-refractivity contribution in [1.29, 1.82) is 0 Å². The van der Waals surface area contributed by atoms with Gasteiger partial charge in [-0.3, -0.25) is 0 Å². The number of piperidine rings is 1. The van der Waals surface area contributed by atoms with Crippen LogP contribution in [-0.4, -0.2) is 35.5 Å². The highest BCUT2D eigenvalue weighted by Crippen LogP contribution is 2.65. The molecule has 4 unspecified atom stereocenters. The number of aliphatic hydroxyl groups excluding tert-OH is 1. The van der Waals surface area contributed by atoms with Crippen LogP contribution in [0.25, 0.3) is 0 Å². The lowest BCUT2D eigenvalue weighted by molar-refractivity contribution is -0.0549. The van der Waals surface area contributed by atoms with Crippen LogP contribution in [0.1, 0.15) is 79.1 Å². The van der Waals surface area contributed by atoms with Crippen LogP contribution in [0.4, 0.5) is 0 Å². The van der Waals surface area contributed by atoms with E-state index in [0.29, 0.717) is 23.5 Å². The highest BCUT2D eigenvalue weighted by Gasteiger charge is 2.60. The Morgan fingerprint density at radius 2 is 2.00 bits per heavy atom. The Morgan fingerprint density at radius 3 is 2.83 bits per heavy atom. The maximum atomic E-state index is 10.3. The zero-order chi connectivity index (χ0) is 20.8. The third-order valence-electron chi connectivity index (χ3n) is 10.9. The molecule has 3 nitrogen and oxygen atoms in total. The molecule has 0 bridgehead atoms. The average Bonchev–Trinajstić information content (AvgIpc) is 3.23. The molecule has 6 aliphatic rings. The van der Waals surface area contributed by atoms with Gasteiger partial charge in [-0.05, 0) is 99.5 Å². The predicted molar refractivity (Wildman–Crippen MR) is 120 cm³/mol. The summed E-state index contributed by atoms with van der Waals surface area (Å²) in [5, 5.41) is 14.1. The van der Waals surface area contributed by atoms with Crippen LogP contribution >= 0.6 is 0 Å². The van der Waals surface area contributed by atoms with Crippen molar-refractivity contribution in [3.63, 3.8) is 0 Å². The van der Waals surface area contributed by atoms with Crippen molar-refractivity contribution in [3.05, 3.63) is 22.8 Å². The summed E-state index contributed by atoms with van der Waals surface area (Å²) in [6.45, 7) is 10.9. The van der Waals surface area contributed by atoms with Crippen molar-refractivity contribution in [1.82, 2.24) is 5.32 Å². The molecule has 0 aromatic rings. The zero-order valence-corrected chi connectivity index (χ0v) is 19.4. The predicted octanol–water partition coefficient (Wildman–Crippen LogP) is 5.00. The van der Waals surface area contributed by atoms with E-state index in [9.17, 15) is 5.11 Å². The topological polar surface area (TPSA) is 41.5 Å². The van der Waals surface area contributed by atoms with Gasteiger partial charge >= 0.3 is 0 Å². The van der Waals surface area contributed by atoms with Crippen LogP contribution in [0.3, 0.4) is 0 Å². The average molecular weight is 412 g/mol. The normalized spacial score (nSPS) is 55.0. The second-order valence-electron chi connectivity index (χ2n) is 12.2. The van der Waals surface area contributed by atoms with Crippen LogP contribution in [0, 0.1) is 35.0 Å². The Kier molecular flexibility index (Phi) is 4.46. The minimum Gasteiger partial charge on any atom is -0.393 e. The zero-order valence-electron chi connectivity index (χ0n) is 19.4. The van der Waals surface area contributed by atoms with Crippen molar-refractivity contribution in [2.75, 3.05) is 6.54 Å². The monoisotopic (exact) mass is 411 g/mol. The molecule has 30 heavy (non-hydrogen) atoms. The lowest BCUT2D eigenvalue weighted by Crippen LogP contribution is -2.49. The summed E-state index contributed by atoms with van der Waals surface area (Å²) >= 11 is 0. The van der Waals surface area contributed by atoms with Gasteiger partial charge in [0.15, 0.2) is 0 Å². The Labute approximate surface area is 182 Å². The van der Waals surface area contributed by atoms with Gasteiger partial charge < -0.3 is 15.2 Å². The van der Waals surface area contributed by atoms with Crippen LogP contribution < -0.4 is 5.32 Å². The van der Waals surface area contributed by atoms with Gasteiger partial charge in [0.25, 0.3) is 0 Å². The third kappa shape index (κ3) is 2.55. The molecule has 2 aliphatic heterocycles. The first-order valence-corrected chi connectivity index (χ1v) is 12.8. The molecule has 1 spiro atoms. The van der Waals surface area contributed by atoms with Gasteiger partial charge in [-0.25, -0.2) is 0 Å². The number of rotatable bonds is 0. The molecule has 2 heterocycles. The number of ether oxygens (including phenoxy) is 1. The first-order valence-electron chi connectivity index (χ1n) is 12.8. The van der Waals surface area contributed by atoms with E-state index in [0.717, 1.165) is 43.1 Å². The number of aliphatic hydroxyl groups is 1. The van der Waals surface area contributed by atoms with Crippen LogP contribution in [-0.2, 0) is 4.74 Å². The highest BCUT2D eigenvalue weighted by molar-refractivity contribution is 5.38. The quantitative estimate of drug-likeness (QED) is 0.551. The van der Waals surface area contributed by atoms with E-state index in [-0.39, 0.29) is 11.7 Å². The van der Waals surface area contributed by atoms with E-state index >= 15 is 0 Å². The number of allylic oxidation sites excluding steroid dienone is 2. The number of hydrogen-bond acceptors (Lipinski definition) is 3. The first-order chi connectivity index (χ1) is 14.3. The summed E-state index contributed by atoms with van der Waals surface area (Å²) in [4.78, 5) is 0. The molecule has 0 radical (unpaired) electrons. The van der Waals surface area contributed by atoms with Crippen LogP contribution in [0.5, 0.6) is 0 Å². The molecule has 2 saturated heterocycles. The minimum atomic E-state index is -0.111. The molecular formula is C27H41NO2. The summed E-state index contributed by atoms with van der Waals surface area (Å²) < 4.78 is 7.03. The van der Waals surface area contributed by atoms with Crippen molar-refractivity contribution in [2.24, 2.45) is 35.0 Å². The maximum Gasteiger partial charge on any atom is 0.0937 e. The summed E-state index contributed by atoms with van der Waals surface area (Å²) in [7, 11) is 0. The van der Waals surface area contributed by atoms with E-state index in [2.05, 4.69) is 39.1 Å². The van der Waals surface area contributed by atoms with Crippen molar-refractivity contribution in [3.8, 4) is 0 Å². The smallest absolute Gasteiger partial charge is 0.0937 e. The van der Waals surface area contributed by atoms with Crippen molar-refractivity contribution in [2.45, 2.75) is 103 Å². The second-order valence-corrected chi connectivity index (χ2v) is 12.2. The van der Waals surface area contributed by atoms with Gasteiger partial charge in [0.05, 0.1) is 17.8 Å². The largest absolute Gasteiger partial charge is 0.393 e. The van der Waals surface area contributed by atoms with Crippen molar-refractivity contribution < 1.29 is 9.84 Å². The van der Waals surface area contributed by atoms with Gasteiger partial charge in [0, 0.05) is 12.0 Å². The van der Waals surface area contributed by atoms with Crippen LogP contribution in [0.2, 0.25) is 0 Å².